The smallest absolute Gasteiger partial charge is 0.306 e. The van der Waals surface area contributed by atoms with Crippen molar-refractivity contribution in [3.63, 3.8) is 0 Å². The Labute approximate surface area is 119 Å². The molecule has 3 heteroatoms. The monoisotopic (exact) mass is 274 g/mol. The van der Waals surface area contributed by atoms with E-state index < -0.39 is 5.97 Å². The zero-order chi connectivity index (χ0) is 14.2. The lowest BCUT2D eigenvalue weighted by Gasteiger charge is -2.44. The molecular formula is C17H22O3. The number of carbonyl (C=O) groups excluding carboxylic acids is 1. The lowest BCUT2D eigenvalue weighted by molar-refractivity contribution is -0.146. The van der Waals surface area contributed by atoms with Crippen LogP contribution in [-0.4, -0.2) is 16.9 Å². The summed E-state index contributed by atoms with van der Waals surface area (Å²) in [6, 6.07) is 0. The van der Waals surface area contributed by atoms with Crippen LogP contribution in [0, 0.1) is 46.8 Å². The van der Waals surface area contributed by atoms with Gasteiger partial charge in [-0.15, -0.1) is 0 Å². The summed E-state index contributed by atoms with van der Waals surface area (Å²) in [6.07, 6.45) is 5.61. The zero-order valence-corrected chi connectivity index (χ0v) is 11.9. The lowest BCUT2D eigenvalue weighted by atomic mass is 9.58. The fourth-order valence-corrected chi connectivity index (χ4v) is 6.76. The largest absolute Gasteiger partial charge is 0.481 e. The van der Waals surface area contributed by atoms with E-state index in [1.165, 1.54) is 6.08 Å². The third kappa shape index (κ3) is 1.27. The Morgan fingerprint density at radius 1 is 1.20 bits per heavy atom. The quantitative estimate of drug-likeness (QED) is 0.636. The van der Waals surface area contributed by atoms with E-state index in [0.717, 1.165) is 25.7 Å². The molecule has 0 aromatic carbocycles. The summed E-state index contributed by atoms with van der Waals surface area (Å²) in [5, 5.41) is 9.43. The van der Waals surface area contributed by atoms with Crippen LogP contribution in [0.15, 0.2) is 12.7 Å². The summed E-state index contributed by atoms with van der Waals surface area (Å²) in [4.78, 5) is 23.8. The van der Waals surface area contributed by atoms with E-state index in [0.29, 0.717) is 35.5 Å². The van der Waals surface area contributed by atoms with Gasteiger partial charge in [-0.05, 0) is 67.3 Å². The molecule has 0 aliphatic heterocycles. The fourth-order valence-electron chi connectivity index (χ4n) is 6.76. The zero-order valence-electron chi connectivity index (χ0n) is 11.9. The molecule has 0 aromatic rings. The van der Waals surface area contributed by atoms with Crippen LogP contribution in [0.5, 0.6) is 0 Å². The minimum Gasteiger partial charge on any atom is -0.481 e. The maximum atomic E-state index is 12.3. The summed E-state index contributed by atoms with van der Waals surface area (Å²) in [6.45, 7) is 5.76. The maximum Gasteiger partial charge on any atom is 0.306 e. The normalized spacial score (nSPS) is 55.0. The molecule has 0 radical (unpaired) electrons. The van der Waals surface area contributed by atoms with Crippen molar-refractivity contribution >= 4 is 11.8 Å². The number of hydrogen-bond donors (Lipinski definition) is 1. The molecule has 4 bridgehead atoms. The first kappa shape index (κ1) is 12.6. The standard InChI is InChI=1S/C17H22O3/c1-3-13(18)17(2)7-9-6-12(17)15-10-4-8(14(9)15)5-11(10)16(19)20/h3,8-12,14-15H,1,4-7H2,2H3,(H,19,20). The van der Waals surface area contributed by atoms with Crippen LogP contribution in [-0.2, 0) is 9.59 Å². The molecule has 3 nitrogen and oxygen atoms in total. The minimum absolute atomic E-state index is 0.149. The van der Waals surface area contributed by atoms with Crippen molar-refractivity contribution < 1.29 is 14.7 Å². The molecule has 4 aliphatic rings. The van der Waals surface area contributed by atoms with Gasteiger partial charge in [-0.25, -0.2) is 0 Å². The van der Waals surface area contributed by atoms with Crippen molar-refractivity contribution in [3.8, 4) is 0 Å². The van der Waals surface area contributed by atoms with Gasteiger partial charge in [0.2, 0.25) is 0 Å². The van der Waals surface area contributed by atoms with Gasteiger partial charge in [0.25, 0.3) is 0 Å². The number of carboxylic acid groups (broad SMARTS) is 1. The molecule has 20 heavy (non-hydrogen) atoms. The third-order valence-corrected chi connectivity index (χ3v) is 7.27. The molecule has 4 rings (SSSR count). The minimum atomic E-state index is -0.615. The Morgan fingerprint density at radius 3 is 2.60 bits per heavy atom. The van der Waals surface area contributed by atoms with Crippen LogP contribution >= 0.6 is 0 Å². The average Bonchev–Trinajstić information content (AvgIpc) is 3.12. The van der Waals surface area contributed by atoms with Gasteiger partial charge in [0, 0.05) is 5.41 Å². The lowest BCUT2D eigenvalue weighted by Crippen LogP contribution is -2.45. The summed E-state index contributed by atoms with van der Waals surface area (Å²) in [5.41, 5.74) is -0.263. The van der Waals surface area contributed by atoms with E-state index in [-0.39, 0.29) is 17.1 Å². The van der Waals surface area contributed by atoms with Crippen molar-refractivity contribution in [2.45, 2.75) is 32.6 Å². The van der Waals surface area contributed by atoms with Gasteiger partial charge in [0.05, 0.1) is 5.92 Å². The topological polar surface area (TPSA) is 54.4 Å². The van der Waals surface area contributed by atoms with Crippen LogP contribution in [0.25, 0.3) is 0 Å². The summed E-state index contributed by atoms with van der Waals surface area (Å²) in [7, 11) is 0. The van der Waals surface area contributed by atoms with Crippen LogP contribution in [0.2, 0.25) is 0 Å². The first-order valence-corrected chi connectivity index (χ1v) is 7.87. The SMILES string of the molecule is C=CC(=O)C1(C)CC2CC1C1C3CC(CC3C(=O)O)C21. The van der Waals surface area contributed by atoms with E-state index in [1.807, 2.05) is 0 Å². The van der Waals surface area contributed by atoms with E-state index in [2.05, 4.69) is 13.5 Å². The molecule has 8 atom stereocenters. The third-order valence-electron chi connectivity index (χ3n) is 7.27. The van der Waals surface area contributed by atoms with E-state index in [9.17, 15) is 14.7 Å². The number of allylic oxidation sites excluding steroid dienone is 1. The van der Waals surface area contributed by atoms with Gasteiger partial charge < -0.3 is 5.11 Å². The Kier molecular flexibility index (Phi) is 2.36. The van der Waals surface area contributed by atoms with Gasteiger partial charge in [-0.2, -0.15) is 0 Å². The number of carboxylic acids is 1. The summed E-state index contributed by atoms with van der Waals surface area (Å²) in [5.74, 6) is 2.62. The van der Waals surface area contributed by atoms with Gasteiger partial charge in [0.15, 0.2) is 5.78 Å². The van der Waals surface area contributed by atoms with Crippen LogP contribution in [0.1, 0.15) is 32.6 Å². The van der Waals surface area contributed by atoms with Gasteiger partial charge in [-0.1, -0.05) is 13.5 Å². The van der Waals surface area contributed by atoms with Gasteiger partial charge in [-0.3, -0.25) is 9.59 Å². The number of ketones is 1. The number of rotatable bonds is 3. The molecule has 0 heterocycles. The van der Waals surface area contributed by atoms with Crippen LogP contribution < -0.4 is 0 Å². The first-order chi connectivity index (χ1) is 9.47. The molecule has 4 fully saturated rings. The molecule has 1 N–H and O–H groups in total. The molecule has 4 aliphatic carbocycles. The Hall–Kier alpha value is -1.12. The molecule has 0 aromatic heterocycles. The Morgan fingerprint density at radius 2 is 1.95 bits per heavy atom. The Balaban J connectivity index is 1.68. The molecule has 4 saturated carbocycles. The average molecular weight is 274 g/mol. The number of aliphatic carboxylic acids is 1. The first-order valence-electron chi connectivity index (χ1n) is 7.87. The van der Waals surface area contributed by atoms with Crippen molar-refractivity contribution in [2.75, 3.05) is 0 Å². The van der Waals surface area contributed by atoms with Crippen molar-refractivity contribution in [2.24, 2.45) is 46.8 Å². The highest BCUT2D eigenvalue weighted by atomic mass is 16.4. The van der Waals surface area contributed by atoms with Crippen molar-refractivity contribution in [1.29, 1.82) is 0 Å². The molecule has 0 spiro atoms. The second kappa shape index (κ2) is 3.75. The number of hydrogen-bond acceptors (Lipinski definition) is 2. The number of carbonyl (C=O) groups is 2. The fraction of sp³-hybridized carbons (Fsp3) is 0.765. The second-order valence-electron chi connectivity index (χ2n) is 7.79. The van der Waals surface area contributed by atoms with Crippen molar-refractivity contribution in [3.05, 3.63) is 12.7 Å². The second-order valence-corrected chi connectivity index (χ2v) is 7.79. The van der Waals surface area contributed by atoms with Crippen molar-refractivity contribution in [1.82, 2.24) is 0 Å². The predicted octanol–water partition coefficient (Wildman–Crippen LogP) is 2.76. The number of fused-ring (bicyclic) bond motifs is 9. The van der Waals surface area contributed by atoms with E-state index in [4.69, 9.17) is 0 Å². The summed E-state index contributed by atoms with van der Waals surface area (Å²) < 4.78 is 0. The van der Waals surface area contributed by atoms with E-state index in [1.54, 1.807) is 0 Å². The van der Waals surface area contributed by atoms with Crippen LogP contribution in [0.4, 0.5) is 0 Å². The maximum absolute atomic E-state index is 12.3. The van der Waals surface area contributed by atoms with E-state index >= 15 is 0 Å². The highest BCUT2D eigenvalue weighted by Crippen LogP contribution is 2.72. The molecule has 108 valence electrons. The Bertz CT molecular complexity index is 510. The molecule has 0 amide bonds. The highest BCUT2D eigenvalue weighted by Gasteiger charge is 2.69. The predicted molar refractivity (Wildman–Crippen MR) is 73.8 cm³/mol. The van der Waals surface area contributed by atoms with Gasteiger partial charge in [0.1, 0.15) is 0 Å². The highest BCUT2D eigenvalue weighted by molar-refractivity contribution is 5.94. The van der Waals surface area contributed by atoms with Gasteiger partial charge >= 0.3 is 5.97 Å². The molecule has 0 saturated heterocycles. The molecule has 8 unspecified atom stereocenters. The van der Waals surface area contributed by atoms with Crippen LogP contribution in [0.3, 0.4) is 0 Å². The summed E-state index contributed by atoms with van der Waals surface area (Å²) >= 11 is 0. The molecular weight excluding hydrogens is 252 g/mol.